The second kappa shape index (κ2) is 6.76. The molecule has 2 aliphatic rings. The smallest absolute Gasteiger partial charge is 0.254 e. The van der Waals surface area contributed by atoms with Crippen LogP contribution in [0.15, 0.2) is 36.4 Å². The Hall–Kier alpha value is -2.33. The van der Waals surface area contributed by atoms with Crippen LogP contribution in [0.3, 0.4) is 0 Å². The number of aromatic hydroxyl groups is 1. The first kappa shape index (κ1) is 17.1. The van der Waals surface area contributed by atoms with E-state index in [1.54, 1.807) is 0 Å². The minimum atomic E-state index is 0.0889. The van der Waals surface area contributed by atoms with Gasteiger partial charge >= 0.3 is 0 Å². The van der Waals surface area contributed by atoms with Crippen molar-refractivity contribution in [2.75, 3.05) is 19.6 Å². The number of phenolic OH excluding ortho intramolecular Hbond substituents is 1. The Morgan fingerprint density at radius 3 is 2.69 bits per heavy atom. The Morgan fingerprint density at radius 2 is 1.96 bits per heavy atom. The fourth-order valence-corrected chi connectivity index (χ4v) is 4.44. The zero-order valence-corrected chi connectivity index (χ0v) is 15.5. The molecule has 0 bridgehead atoms. The average Bonchev–Trinajstić information content (AvgIpc) is 2.65. The molecule has 2 aromatic carbocycles. The molecule has 2 heterocycles. The third-order valence-electron chi connectivity index (χ3n) is 5.79. The van der Waals surface area contributed by atoms with E-state index in [0.717, 1.165) is 61.3 Å². The van der Waals surface area contributed by atoms with Gasteiger partial charge in [-0.3, -0.25) is 9.69 Å². The van der Waals surface area contributed by atoms with Crippen LogP contribution < -0.4 is 0 Å². The number of piperazine rings is 1. The molecule has 4 heteroatoms. The summed E-state index contributed by atoms with van der Waals surface area (Å²) < 4.78 is 0. The summed E-state index contributed by atoms with van der Waals surface area (Å²) in [6, 6.07) is 12.6. The quantitative estimate of drug-likeness (QED) is 0.925. The van der Waals surface area contributed by atoms with Gasteiger partial charge in [-0.15, -0.1) is 0 Å². The van der Waals surface area contributed by atoms with Gasteiger partial charge in [0.1, 0.15) is 5.75 Å². The van der Waals surface area contributed by atoms with E-state index in [1.807, 2.05) is 30.9 Å². The molecule has 0 spiro atoms. The number of nitrogens with zero attached hydrogens (tertiary/aromatic N) is 2. The lowest BCUT2D eigenvalue weighted by Gasteiger charge is -2.45. The van der Waals surface area contributed by atoms with E-state index in [2.05, 4.69) is 29.2 Å². The minimum absolute atomic E-state index is 0.0889. The average molecular weight is 350 g/mol. The van der Waals surface area contributed by atoms with Gasteiger partial charge in [0.05, 0.1) is 0 Å². The molecule has 1 fully saturated rings. The molecule has 0 aliphatic carbocycles. The largest absolute Gasteiger partial charge is 0.507 e. The van der Waals surface area contributed by atoms with Crippen molar-refractivity contribution in [3.05, 3.63) is 64.2 Å². The fraction of sp³-hybridized carbons (Fsp3) is 0.409. The Balaban J connectivity index is 1.60. The molecular formula is C22H26N2O2. The number of hydrogen-bond acceptors (Lipinski definition) is 3. The first-order valence-corrected chi connectivity index (χ1v) is 9.50. The molecule has 1 atom stereocenters. The van der Waals surface area contributed by atoms with Crippen molar-refractivity contribution in [2.24, 2.45) is 0 Å². The van der Waals surface area contributed by atoms with Gasteiger partial charge in [0.2, 0.25) is 0 Å². The van der Waals surface area contributed by atoms with Crippen LogP contribution >= 0.6 is 0 Å². The lowest BCUT2D eigenvalue weighted by Crippen LogP contribution is -2.57. The number of amides is 1. The molecule has 1 amide bonds. The molecule has 26 heavy (non-hydrogen) atoms. The van der Waals surface area contributed by atoms with Crippen LogP contribution in [0.4, 0.5) is 0 Å². The van der Waals surface area contributed by atoms with Crippen LogP contribution in [0.25, 0.3) is 0 Å². The highest BCUT2D eigenvalue weighted by Gasteiger charge is 2.38. The lowest BCUT2D eigenvalue weighted by molar-refractivity contribution is 0.0398. The van der Waals surface area contributed by atoms with Gasteiger partial charge in [0.25, 0.3) is 5.91 Å². The normalized spacial score (nSPS) is 20.0. The SMILES string of the molecule is CCc1cc(C)c2c(c1O)C[C@@H]1CN(Cc3ccccc3)CCN1C2=O. The van der Waals surface area contributed by atoms with Crippen molar-refractivity contribution in [3.63, 3.8) is 0 Å². The van der Waals surface area contributed by atoms with E-state index < -0.39 is 0 Å². The third kappa shape index (κ3) is 2.88. The summed E-state index contributed by atoms with van der Waals surface area (Å²) in [5, 5.41) is 10.7. The third-order valence-corrected chi connectivity index (χ3v) is 5.79. The molecule has 0 unspecified atom stereocenters. The molecule has 2 aliphatic heterocycles. The van der Waals surface area contributed by atoms with E-state index in [-0.39, 0.29) is 11.9 Å². The summed E-state index contributed by atoms with van der Waals surface area (Å²) >= 11 is 0. The topological polar surface area (TPSA) is 43.8 Å². The Morgan fingerprint density at radius 1 is 1.19 bits per heavy atom. The first-order valence-electron chi connectivity index (χ1n) is 9.50. The maximum absolute atomic E-state index is 13.1. The Kier molecular flexibility index (Phi) is 4.45. The first-order chi connectivity index (χ1) is 12.6. The van der Waals surface area contributed by atoms with E-state index in [9.17, 15) is 9.90 Å². The van der Waals surface area contributed by atoms with Crippen molar-refractivity contribution >= 4 is 5.91 Å². The van der Waals surface area contributed by atoms with Crippen molar-refractivity contribution < 1.29 is 9.90 Å². The number of fused-ring (bicyclic) bond motifs is 2. The molecule has 1 N–H and O–H groups in total. The van der Waals surface area contributed by atoms with Crippen molar-refractivity contribution in [1.29, 1.82) is 0 Å². The molecule has 1 saturated heterocycles. The van der Waals surface area contributed by atoms with Crippen LogP contribution in [-0.2, 0) is 19.4 Å². The van der Waals surface area contributed by atoms with Gasteiger partial charge in [-0.25, -0.2) is 0 Å². The summed E-state index contributed by atoms with van der Waals surface area (Å²) in [5.74, 6) is 0.423. The number of rotatable bonds is 3. The number of carbonyl (C=O) groups is 1. The predicted octanol–water partition coefficient (Wildman–Crippen LogP) is 3.15. The van der Waals surface area contributed by atoms with E-state index in [0.29, 0.717) is 5.75 Å². The van der Waals surface area contributed by atoms with Gasteiger partial charge < -0.3 is 10.0 Å². The summed E-state index contributed by atoms with van der Waals surface area (Å²) in [6.45, 7) is 7.44. The molecule has 0 saturated carbocycles. The molecule has 136 valence electrons. The monoisotopic (exact) mass is 350 g/mol. The number of benzene rings is 2. The van der Waals surface area contributed by atoms with Gasteiger partial charge in [-0.05, 0) is 36.5 Å². The lowest BCUT2D eigenvalue weighted by atomic mass is 9.86. The minimum Gasteiger partial charge on any atom is -0.507 e. The highest BCUT2D eigenvalue weighted by atomic mass is 16.3. The van der Waals surface area contributed by atoms with Gasteiger partial charge in [-0.2, -0.15) is 0 Å². The maximum atomic E-state index is 13.1. The van der Waals surface area contributed by atoms with Crippen LogP contribution in [0.2, 0.25) is 0 Å². The zero-order chi connectivity index (χ0) is 18.3. The highest BCUT2D eigenvalue weighted by molar-refractivity contribution is 5.99. The second-order valence-corrected chi connectivity index (χ2v) is 7.49. The summed E-state index contributed by atoms with van der Waals surface area (Å²) in [4.78, 5) is 17.5. The number of phenols is 1. The fourth-order valence-electron chi connectivity index (χ4n) is 4.44. The van der Waals surface area contributed by atoms with E-state index in [1.165, 1.54) is 5.56 Å². The Labute approximate surface area is 155 Å². The molecule has 4 nitrogen and oxygen atoms in total. The zero-order valence-electron chi connectivity index (χ0n) is 15.5. The Bertz CT molecular complexity index is 832. The summed E-state index contributed by atoms with van der Waals surface area (Å²) in [7, 11) is 0. The van der Waals surface area contributed by atoms with Crippen molar-refractivity contribution in [1.82, 2.24) is 9.80 Å². The van der Waals surface area contributed by atoms with E-state index >= 15 is 0 Å². The predicted molar refractivity (Wildman–Crippen MR) is 102 cm³/mol. The van der Waals surface area contributed by atoms with Crippen LogP contribution in [0.5, 0.6) is 5.75 Å². The molecule has 4 rings (SSSR count). The summed E-state index contributed by atoms with van der Waals surface area (Å²) in [5.41, 5.74) is 4.82. The standard InChI is InChI=1S/C22H26N2O2/c1-3-17-11-15(2)20-19(21(17)25)12-18-14-23(9-10-24(18)22(20)26)13-16-7-5-4-6-8-16/h4-8,11,18,25H,3,9-10,12-14H2,1-2H3/t18-/m1/s1. The van der Waals surface area contributed by atoms with Crippen molar-refractivity contribution in [3.8, 4) is 5.75 Å². The van der Waals surface area contributed by atoms with Crippen LogP contribution in [-0.4, -0.2) is 46.5 Å². The van der Waals surface area contributed by atoms with Gasteiger partial charge in [0.15, 0.2) is 0 Å². The highest BCUT2D eigenvalue weighted by Crippen LogP contribution is 2.36. The van der Waals surface area contributed by atoms with Gasteiger partial charge in [0, 0.05) is 43.3 Å². The van der Waals surface area contributed by atoms with Crippen LogP contribution in [0, 0.1) is 6.92 Å². The van der Waals surface area contributed by atoms with Gasteiger partial charge in [-0.1, -0.05) is 43.3 Å². The van der Waals surface area contributed by atoms with Crippen LogP contribution in [0.1, 0.15) is 39.5 Å². The number of carbonyl (C=O) groups excluding carboxylic acids is 1. The van der Waals surface area contributed by atoms with E-state index in [4.69, 9.17) is 0 Å². The summed E-state index contributed by atoms with van der Waals surface area (Å²) in [6.07, 6.45) is 1.52. The van der Waals surface area contributed by atoms with Crippen molar-refractivity contribution in [2.45, 2.75) is 39.3 Å². The molecule has 2 aromatic rings. The number of hydrogen-bond donors (Lipinski definition) is 1. The molecule has 0 aromatic heterocycles. The number of aryl methyl sites for hydroxylation is 2. The maximum Gasteiger partial charge on any atom is 0.254 e. The molecular weight excluding hydrogens is 324 g/mol. The second-order valence-electron chi connectivity index (χ2n) is 7.49. The molecule has 0 radical (unpaired) electrons.